The van der Waals surface area contributed by atoms with E-state index >= 15 is 0 Å². The van der Waals surface area contributed by atoms with Crippen LogP contribution in [0.4, 0.5) is 0 Å². The van der Waals surface area contributed by atoms with Crippen LogP contribution in [-0.4, -0.2) is 10.9 Å². The van der Waals surface area contributed by atoms with Crippen LogP contribution in [0.2, 0.25) is 0 Å². The number of halogens is 2. The van der Waals surface area contributed by atoms with E-state index in [1.807, 2.05) is 0 Å². The Bertz CT molecular complexity index is 422. The van der Waals surface area contributed by atoms with Gasteiger partial charge in [0.1, 0.15) is 20.8 Å². The monoisotopic (exact) mass is 324 g/mol. The Kier molecular flexibility index (Phi) is 3.49. The van der Waals surface area contributed by atoms with Gasteiger partial charge >= 0.3 is 5.63 Å². The Morgan fingerprint density at radius 3 is 2.50 bits per heavy atom. The van der Waals surface area contributed by atoms with Crippen LogP contribution in [0.25, 0.3) is 0 Å². The largest absolute Gasteiger partial charge is 0.507 e. The molecule has 0 aliphatic carbocycles. The molecule has 0 saturated heterocycles. The fourth-order valence-corrected chi connectivity index (χ4v) is 1.38. The number of carbonyl (C=O) groups is 1. The van der Waals surface area contributed by atoms with Crippen molar-refractivity contribution in [2.75, 3.05) is 0 Å². The number of alkyl halides is 2. The molecular weight excluding hydrogens is 320 g/mol. The van der Waals surface area contributed by atoms with Crippen LogP contribution < -0.4 is 5.63 Å². The van der Waals surface area contributed by atoms with Crippen LogP contribution >= 0.6 is 31.9 Å². The first kappa shape index (κ1) is 11.5. The normalized spacial score (nSPS) is 10.6. The molecule has 1 rings (SSSR count). The minimum Gasteiger partial charge on any atom is -0.507 e. The van der Waals surface area contributed by atoms with Crippen LogP contribution in [-0.2, 0) is 0 Å². The summed E-state index contributed by atoms with van der Waals surface area (Å²) in [5.74, 6) is -0.686. The summed E-state index contributed by atoms with van der Waals surface area (Å²) < 4.78 is 4.40. The third-order valence-corrected chi connectivity index (χ3v) is 2.42. The minimum atomic E-state index is -0.837. The molecule has 0 saturated carbocycles. The maximum atomic E-state index is 11.2. The molecule has 76 valence electrons. The van der Waals surface area contributed by atoms with Gasteiger partial charge in [-0.05, 0) is 6.92 Å². The van der Waals surface area contributed by atoms with Crippen molar-refractivity contribution >= 4 is 37.6 Å². The average molecular weight is 326 g/mol. The van der Waals surface area contributed by atoms with Gasteiger partial charge in [-0.25, -0.2) is 4.79 Å². The Labute approximate surface area is 96.2 Å². The molecule has 0 aliphatic rings. The molecule has 0 aromatic carbocycles. The van der Waals surface area contributed by atoms with Gasteiger partial charge in [0, 0.05) is 6.07 Å². The zero-order chi connectivity index (χ0) is 10.9. The fraction of sp³-hybridized carbons (Fsp3) is 0.250. The van der Waals surface area contributed by atoms with Crippen LogP contribution in [0.15, 0.2) is 15.3 Å². The minimum absolute atomic E-state index is 0.206. The van der Waals surface area contributed by atoms with E-state index < -0.39 is 11.4 Å². The topological polar surface area (TPSA) is 67.5 Å². The third-order valence-electron chi connectivity index (χ3n) is 1.52. The van der Waals surface area contributed by atoms with Gasteiger partial charge in [-0.3, -0.25) is 4.79 Å². The van der Waals surface area contributed by atoms with Gasteiger partial charge in [0.15, 0.2) is 5.78 Å². The summed E-state index contributed by atoms with van der Waals surface area (Å²) in [6.45, 7) is 1.19. The van der Waals surface area contributed by atoms with Crippen LogP contribution in [0.3, 0.4) is 0 Å². The summed E-state index contributed by atoms with van der Waals surface area (Å²) in [6.07, 6.45) is 0. The molecule has 0 aliphatic heterocycles. The van der Waals surface area contributed by atoms with Crippen molar-refractivity contribution < 1.29 is 14.3 Å². The summed E-state index contributed by atoms with van der Waals surface area (Å²) in [7, 11) is 0. The highest BCUT2D eigenvalue weighted by molar-refractivity contribution is 9.24. The van der Waals surface area contributed by atoms with E-state index in [0.717, 1.165) is 0 Å². The van der Waals surface area contributed by atoms with Gasteiger partial charge in [-0.1, -0.05) is 31.9 Å². The van der Waals surface area contributed by atoms with Crippen molar-refractivity contribution in [3.8, 4) is 5.75 Å². The molecule has 6 heteroatoms. The number of ketones is 1. The predicted octanol–water partition coefficient (Wildman–Crippen LogP) is 2.34. The van der Waals surface area contributed by atoms with E-state index in [0.29, 0.717) is 0 Å². The second kappa shape index (κ2) is 4.27. The lowest BCUT2D eigenvalue weighted by molar-refractivity contribution is 0.101. The van der Waals surface area contributed by atoms with Crippen molar-refractivity contribution in [1.29, 1.82) is 0 Å². The van der Waals surface area contributed by atoms with Gasteiger partial charge in [0.2, 0.25) is 0 Å². The average Bonchev–Trinajstić information content (AvgIpc) is 2.01. The molecule has 0 amide bonds. The van der Waals surface area contributed by atoms with Gasteiger partial charge in [0.05, 0.1) is 0 Å². The van der Waals surface area contributed by atoms with E-state index in [4.69, 9.17) is 4.42 Å². The Balaban J connectivity index is 3.40. The highest BCUT2D eigenvalue weighted by Crippen LogP contribution is 2.30. The third kappa shape index (κ3) is 2.24. The van der Waals surface area contributed by atoms with E-state index in [9.17, 15) is 14.7 Å². The molecule has 0 spiro atoms. The maximum absolute atomic E-state index is 11.2. The van der Waals surface area contributed by atoms with E-state index in [1.54, 1.807) is 0 Å². The molecule has 4 nitrogen and oxygen atoms in total. The highest BCUT2D eigenvalue weighted by atomic mass is 79.9. The standard InChI is InChI=1S/C8H6Br2O4/c1-3(11)6-4(12)2-5(7(9)10)14-8(6)13/h2,7,12H,1H3. The zero-order valence-electron chi connectivity index (χ0n) is 7.08. The first-order valence-electron chi connectivity index (χ1n) is 3.59. The first-order chi connectivity index (χ1) is 6.43. The smallest absolute Gasteiger partial charge is 0.350 e. The lowest BCUT2D eigenvalue weighted by Crippen LogP contribution is -2.12. The number of Topliss-reactive ketones (excluding diaryl/α,β-unsaturated/α-hetero) is 1. The molecule has 0 fully saturated rings. The number of aromatic hydroxyl groups is 1. The van der Waals surface area contributed by atoms with Crippen LogP contribution in [0, 0.1) is 0 Å². The number of rotatable bonds is 2. The second-order valence-electron chi connectivity index (χ2n) is 2.55. The molecule has 0 atom stereocenters. The van der Waals surface area contributed by atoms with Crippen molar-refractivity contribution in [3.05, 3.63) is 27.8 Å². The van der Waals surface area contributed by atoms with Gasteiger partial charge < -0.3 is 9.52 Å². The summed E-state index contributed by atoms with van der Waals surface area (Å²) in [5.41, 5.74) is -1.16. The predicted molar refractivity (Wildman–Crippen MR) is 57.2 cm³/mol. The zero-order valence-corrected chi connectivity index (χ0v) is 10.3. The quantitative estimate of drug-likeness (QED) is 0.669. The molecule has 14 heavy (non-hydrogen) atoms. The lowest BCUT2D eigenvalue weighted by atomic mass is 10.2. The summed E-state index contributed by atoms with van der Waals surface area (Å²) in [6, 6.07) is 1.21. The molecule has 1 aromatic rings. The van der Waals surface area contributed by atoms with Gasteiger partial charge in [0.25, 0.3) is 0 Å². The molecular formula is C8H6Br2O4. The Morgan fingerprint density at radius 1 is 1.57 bits per heavy atom. The first-order valence-corrected chi connectivity index (χ1v) is 5.42. The van der Waals surface area contributed by atoms with Crippen molar-refractivity contribution in [3.63, 3.8) is 0 Å². The molecule has 0 unspecified atom stereocenters. The lowest BCUT2D eigenvalue weighted by Gasteiger charge is -2.03. The summed E-state index contributed by atoms with van der Waals surface area (Å²) >= 11 is 6.20. The number of carbonyl (C=O) groups excluding carboxylic acids is 1. The van der Waals surface area contributed by atoms with Crippen molar-refractivity contribution in [2.45, 2.75) is 10.7 Å². The van der Waals surface area contributed by atoms with Gasteiger partial charge in [-0.2, -0.15) is 0 Å². The second-order valence-corrected chi connectivity index (χ2v) is 5.61. The van der Waals surface area contributed by atoms with Crippen molar-refractivity contribution in [2.24, 2.45) is 0 Å². The Hall–Kier alpha value is -0.620. The molecule has 1 heterocycles. The summed E-state index contributed by atoms with van der Waals surface area (Å²) in [4.78, 5) is 22.1. The Morgan fingerprint density at radius 2 is 2.14 bits per heavy atom. The molecule has 1 N–H and O–H groups in total. The fourth-order valence-electron chi connectivity index (χ4n) is 0.931. The van der Waals surface area contributed by atoms with Gasteiger partial charge in [-0.15, -0.1) is 0 Å². The molecule has 0 radical (unpaired) electrons. The van der Waals surface area contributed by atoms with Crippen molar-refractivity contribution in [1.82, 2.24) is 0 Å². The van der Waals surface area contributed by atoms with Crippen LogP contribution in [0.1, 0.15) is 26.8 Å². The van der Waals surface area contributed by atoms with Crippen LogP contribution in [0.5, 0.6) is 5.75 Å². The number of hydrogen-bond donors (Lipinski definition) is 1. The SMILES string of the molecule is CC(=O)c1c(O)cc(C(Br)Br)oc1=O. The highest BCUT2D eigenvalue weighted by Gasteiger charge is 2.17. The number of hydrogen-bond acceptors (Lipinski definition) is 4. The van der Waals surface area contributed by atoms with E-state index in [2.05, 4.69) is 31.9 Å². The summed E-state index contributed by atoms with van der Waals surface area (Å²) in [5, 5.41) is 9.37. The molecule has 0 bridgehead atoms. The molecule has 1 aromatic heterocycles. The van der Waals surface area contributed by atoms with E-state index in [1.165, 1.54) is 13.0 Å². The van der Waals surface area contributed by atoms with E-state index in [-0.39, 0.29) is 20.8 Å². The maximum Gasteiger partial charge on any atom is 0.350 e.